The molecule has 0 aromatic carbocycles. The molecule has 0 amide bonds. The third-order valence-electron chi connectivity index (χ3n) is 1.56. The molecule has 3 heteroatoms. The van der Waals surface area contributed by atoms with Gasteiger partial charge in [-0.05, 0) is 0 Å². The van der Waals surface area contributed by atoms with Gasteiger partial charge in [0.25, 0.3) is 0 Å². The first-order valence-corrected chi connectivity index (χ1v) is 9.57. The van der Waals surface area contributed by atoms with Gasteiger partial charge in [-0.15, -0.1) is 0 Å². The Balaban J connectivity index is 2.71. The molecule has 9 heavy (non-hydrogen) atoms. The van der Waals surface area contributed by atoms with Crippen molar-refractivity contribution in [2.75, 3.05) is 0 Å². The van der Waals surface area contributed by atoms with E-state index in [4.69, 9.17) is 0 Å². The Morgan fingerprint density at radius 3 is 1.33 bits per heavy atom. The van der Waals surface area contributed by atoms with Gasteiger partial charge in [0.05, 0.1) is 0 Å². The number of hydrogen-bond donors (Lipinski definition) is 1. The lowest BCUT2D eigenvalue weighted by Crippen LogP contribution is -2.51. The first-order valence-electron chi connectivity index (χ1n) is 3.41. The smallest absolute Gasteiger partial charge is 0.137 e. The lowest BCUT2D eigenvalue weighted by Gasteiger charge is -2.21. The Morgan fingerprint density at radius 2 is 1.22 bits per heavy atom. The molecule has 1 rings (SSSR count). The van der Waals surface area contributed by atoms with E-state index in [1.54, 1.807) is 0 Å². The summed E-state index contributed by atoms with van der Waals surface area (Å²) in [5.74, 6) is 0. The van der Waals surface area contributed by atoms with Gasteiger partial charge < -0.3 is 4.65 Å². The van der Waals surface area contributed by atoms with E-state index in [0.29, 0.717) is 0 Å². The minimum atomic E-state index is -1.04. The molecule has 0 aromatic rings. The Kier molecular flexibility index (Phi) is 1.45. The van der Waals surface area contributed by atoms with Crippen LogP contribution in [-0.2, 0) is 0 Å². The molecule has 1 nitrogen and oxygen atoms in total. The maximum atomic E-state index is 3.74. The van der Waals surface area contributed by atoms with E-state index in [-0.39, 0.29) is 0 Å². The minimum absolute atomic E-state index is 1.04. The first kappa shape index (κ1) is 7.24. The molecular weight excluding hydrogens is 142 g/mol. The molecule has 0 atom stereocenters. The van der Waals surface area contributed by atoms with Gasteiger partial charge in [-0.25, -0.2) is 0 Å². The largest absolute Gasteiger partial charge is 0.353 e. The van der Waals surface area contributed by atoms with Crippen molar-refractivity contribution in [1.29, 1.82) is 0 Å². The highest BCUT2D eigenvalue weighted by Gasteiger charge is 2.32. The second kappa shape index (κ2) is 1.81. The average Bonchev–Trinajstić information content (AvgIpc) is 1.78. The second-order valence-electron chi connectivity index (χ2n) is 3.90. The lowest BCUT2D eigenvalue weighted by atomic mass is 11.2. The Hall–Kier alpha value is 0.134. The van der Waals surface area contributed by atoms with Crippen molar-refractivity contribution in [1.82, 2.24) is 4.65 Å². The highest BCUT2D eigenvalue weighted by Crippen LogP contribution is 2.15. The van der Waals surface area contributed by atoms with E-state index in [0.717, 1.165) is 0 Å². The predicted molar refractivity (Wildman–Crippen MR) is 47.2 cm³/mol. The van der Waals surface area contributed by atoms with Gasteiger partial charge in [-0.1, -0.05) is 37.6 Å². The normalized spacial score (nSPS) is 28.9. The van der Waals surface area contributed by atoms with Gasteiger partial charge in [0.15, 0.2) is 0 Å². The molecule has 0 saturated heterocycles. The van der Waals surface area contributed by atoms with Gasteiger partial charge in [0.2, 0.25) is 0 Å². The van der Waals surface area contributed by atoms with Crippen molar-refractivity contribution in [2.45, 2.75) is 26.2 Å². The maximum Gasteiger partial charge on any atom is 0.137 e. The Morgan fingerprint density at radius 1 is 0.889 bits per heavy atom. The van der Waals surface area contributed by atoms with Crippen LogP contribution in [-0.4, -0.2) is 16.5 Å². The summed E-state index contributed by atoms with van der Waals surface area (Å²) >= 11 is 0. The van der Waals surface area contributed by atoms with Crippen LogP contribution in [0.15, 0.2) is 11.4 Å². The van der Waals surface area contributed by atoms with Crippen molar-refractivity contribution in [2.24, 2.45) is 0 Å². The molecule has 52 valence electrons. The van der Waals surface area contributed by atoms with Crippen LogP contribution in [0, 0.1) is 0 Å². The van der Waals surface area contributed by atoms with Crippen molar-refractivity contribution in [3.05, 3.63) is 11.4 Å². The van der Waals surface area contributed by atoms with Crippen LogP contribution >= 0.6 is 0 Å². The molecule has 1 heterocycles. The van der Waals surface area contributed by atoms with E-state index < -0.39 is 16.5 Å². The van der Waals surface area contributed by atoms with Crippen LogP contribution in [0.3, 0.4) is 0 Å². The van der Waals surface area contributed by atoms with Crippen LogP contribution in [0.4, 0.5) is 0 Å². The lowest BCUT2D eigenvalue weighted by molar-refractivity contribution is 1.38. The van der Waals surface area contributed by atoms with Crippen molar-refractivity contribution < 1.29 is 0 Å². The SMILES string of the molecule is C[Si]1(C)C=C[Si](C)(C)N1. The fourth-order valence-corrected chi connectivity index (χ4v) is 12.0. The summed E-state index contributed by atoms with van der Waals surface area (Å²) in [4.78, 5) is 0. The van der Waals surface area contributed by atoms with E-state index in [2.05, 4.69) is 42.2 Å². The van der Waals surface area contributed by atoms with Crippen molar-refractivity contribution in [3.8, 4) is 0 Å². The Labute approximate surface area is 59.3 Å². The summed E-state index contributed by atoms with van der Waals surface area (Å²) in [6.07, 6.45) is 0. The zero-order chi connectivity index (χ0) is 7.12. The van der Waals surface area contributed by atoms with Crippen LogP contribution in [0.5, 0.6) is 0 Å². The molecule has 0 saturated carbocycles. The molecular formula is C6H15NSi2. The molecule has 0 radical (unpaired) electrons. The van der Waals surface area contributed by atoms with Crippen LogP contribution in [0.25, 0.3) is 0 Å². The molecule has 1 aliphatic rings. The van der Waals surface area contributed by atoms with Crippen LogP contribution in [0.2, 0.25) is 26.2 Å². The van der Waals surface area contributed by atoms with Gasteiger partial charge in [-0.3, -0.25) is 0 Å². The van der Waals surface area contributed by atoms with E-state index >= 15 is 0 Å². The quantitative estimate of drug-likeness (QED) is 0.527. The minimum Gasteiger partial charge on any atom is -0.353 e. The topological polar surface area (TPSA) is 12.0 Å². The van der Waals surface area contributed by atoms with Gasteiger partial charge in [-0.2, -0.15) is 0 Å². The molecule has 0 aromatic heterocycles. The predicted octanol–water partition coefficient (Wildman–Crippen LogP) is 1.63. The second-order valence-corrected chi connectivity index (χ2v) is 12.5. The highest BCUT2D eigenvalue weighted by atomic mass is 28.4. The zero-order valence-corrected chi connectivity index (χ0v) is 8.65. The summed E-state index contributed by atoms with van der Waals surface area (Å²) in [5, 5.41) is 0. The molecule has 0 spiro atoms. The van der Waals surface area contributed by atoms with Gasteiger partial charge in [0.1, 0.15) is 16.5 Å². The monoisotopic (exact) mass is 157 g/mol. The summed E-state index contributed by atoms with van der Waals surface area (Å²) in [6.45, 7) is 9.41. The summed E-state index contributed by atoms with van der Waals surface area (Å²) < 4.78 is 3.74. The van der Waals surface area contributed by atoms with E-state index in [1.165, 1.54) is 0 Å². The van der Waals surface area contributed by atoms with Gasteiger partial charge >= 0.3 is 0 Å². The van der Waals surface area contributed by atoms with Gasteiger partial charge in [0, 0.05) is 0 Å². The van der Waals surface area contributed by atoms with Crippen LogP contribution in [0.1, 0.15) is 0 Å². The van der Waals surface area contributed by atoms with Crippen molar-refractivity contribution in [3.63, 3.8) is 0 Å². The summed E-state index contributed by atoms with van der Waals surface area (Å²) in [7, 11) is -2.09. The van der Waals surface area contributed by atoms with Crippen LogP contribution < -0.4 is 4.65 Å². The summed E-state index contributed by atoms with van der Waals surface area (Å²) in [6, 6.07) is 0. The molecule has 0 aliphatic carbocycles. The average molecular weight is 157 g/mol. The molecule has 0 unspecified atom stereocenters. The standard InChI is InChI=1S/C6H15NSi2/c1-8(2)5-6-9(3,4)7-8/h5-7H,1-4H3. The molecule has 0 fully saturated rings. The number of nitrogens with one attached hydrogen (secondary N) is 1. The fourth-order valence-electron chi connectivity index (χ4n) is 1.33. The zero-order valence-electron chi connectivity index (χ0n) is 6.65. The molecule has 1 N–H and O–H groups in total. The first-order chi connectivity index (χ1) is 3.91. The third-order valence-corrected chi connectivity index (χ3v) is 9.05. The number of rotatable bonds is 0. The number of hydrogen-bond acceptors (Lipinski definition) is 1. The molecule has 0 bridgehead atoms. The third kappa shape index (κ3) is 1.77. The fraction of sp³-hybridized carbons (Fsp3) is 0.667. The van der Waals surface area contributed by atoms with Crippen molar-refractivity contribution >= 4 is 16.5 Å². The summed E-state index contributed by atoms with van der Waals surface area (Å²) in [5.41, 5.74) is 4.83. The Bertz CT molecular complexity index is 133. The van der Waals surface area contributed by atoms with E-state index in [9.17, 15) is 0 Å². The maximum absolute atomic E-state index is 3.74. The highest BCUT2D eigenvalue weighted by molar-refractivity contribution is 7.00. The van der Waals surface area contributed by atoms with E-state index in [1.807, 2.05) is 0 Å². The molecule has 1 aliphatic heterocycles.